The first-order chi connectivity index (χ1) is 11.0. The van der Waals surface area contributed by atoms with E-state index in [0.29, 0.717) is 13.2 Å². The third kappa shape index (κ3) is 6.30. The molecule has 5 heteroatoms. The molecule has 1 aromatic carbocycles. The average molecular weight is 320 g/mol. The number of ether oxygens (including phenoxy) is 1. The summed E-state index contributed by atoms with van der Waals surface area (Å²) in [6, 6.07) is 5.52. The molecule has 0 saturated carbocycles. The lowest BCUT2D eigenvalue weighted by Gasteiger charge is -2.18. The van der Waals surface area contributed by atoms with Gasteiger partial charge in [-0.05, 0) is 33.3 Å². The van der Waals surface area contributed by atoms with E-state index in [-0.39, 0.29) is 6.04 Å². The number of rotatable bonds is 8. The Hall–Kier alpha value is -2.04. The molecule has 1 atom stereocenters. The van der Waals surface area contributed by atoms with Crippen molar-refractivity contribution in [2.75, 3.05) is 13.2 Å². The molecular weight excluding hydrogens is 292 g/mol. The minimum atomic E-state index is -0.613. The van der Waals surface area contributed by atoms with Crippen molar-refractivity contribution in [3.63, 3.8) is 0 Å². The second-order valence-corrected chi connectivity index (χ2v) is 5.63. The van der Waals surface area contributed by atoms with Gasteiger partial charge in [0.1, 0.15) is 5.75 Å². The number of amides is 2. The maximum Gasteiger partial charge on any atom is 0.309 e. The van der Waals surface area contributed by atoms with E-state index in [1.807, 2.05) is 39.0 Å². The van der Waals surface area contributed by atoms with Crippen LogP contribution in [0.3, 0.4) is 0 Å². The molecule has 0 bridgehead atoms. The Kier molecular flexibility index (Phi) is 8.16. The van der Waals surface area contributed by atoms with Crippen LogP contribution < -0.4 is 15.4 Å². The van der Waals surface area contributed by atoms with Crippen molar-refractivity contribution in [1.82, 2.24) is 10.6 Å². The standard InChI is InChI=1S/C18H28N2O3/c1-5-7-8-11-19-17(21)18(22)20-14(4)15-12-13(3)9-10-16(15)23-6-2/h9-10,12,14H,5-8,11H2,1-4H3,(H,19,21)(H,20,22). The van der Waals surface area contributed by atoms with E-state index in [9.17, 15) is 9.59 Å². The van der Waals surface area contributed by atoms with Crippen LogP contribution in [0.1, 0.15) is 57.2 Å². The highest BCUT2D eigenvalue weighted by Crippen LogP contribution is 2.26. The number of nitrogens with one attached hydrogen (secondary N) is 2. The summed E-state index contributed by atoms with van der Waals surface area (Å²) in [7, 11) is 0. The first-order valence-electron chi connectivity index (χ1n) is 8.31. The first kappa shape index (κ1) is 19.0. The molecule has 0 heterocycles. The molecule has 2 N–H and O–H groups in total. The van der Waals surface area contributed by atoms with Crippen LogP contribution in [0.15, 0.2) is 18.2 Å². The van der Waals surface area contributed by atoms with Crippen LogP contribution >= 0.6 is 0 Å². The van der Waals surface area contributed by atoms with Crippen LogP contribution in [0, 0.1) is 6.92 Å². The SMILES string of the molecule is CCCCCNC(=O)C(=O)NC(C)c1cc(C)ccc1OCC. The van der Waals surface area contributed by atoms with E-state index < -0.39 is 11.8 Å². The average Bonchev–Trinajstić information content (AvgIpc) is 2.53. The Bertz CT molecular complexity index is 529. The topological polar surface area (TPSA) is 67.4 Å². The fourth-order valence-corrected chi connectivity index (χ4v) is 2.29. The Balaban J connectivity index is 2.64. The van der Waals surface area contributed by atoms with Crippen molar-refractivity contribution < 1.29 is 14.3 Å². The summed E-state index contributed by atoms with van der Waals surface area (Å²) >= 11 is 0. The van der Waals surface area contributed by atoms with E-state index in [1.54, 1.807) is 0 Å². The number of carbonyl (C=O) groups is 2. The highest BCUT2D eigenvalue weighted by Gasteiger charge is 2.19. The number of carbonyl (C=O) groups excluding carboxylic acids is 2. The number of hydrogen-bond donors (Lipinski definition) is 2. The van der Waals surface area contributed by atoms with Crippen LogP contribution in [0.5, 0.6) is 5.75 Å². The molecule has 0 aromatic heterocycles. The summed E-state index contributed by atoms with van der Waals surface area (Å²) in [6.45, 7) is 8.91. The van der Waals surface area contributed by atoms with Gasteiger partial charge in [0.15, 0.2) is 0 Å². The van der Waals surface area contributed by atoms with Gasteiger partial charge in [-0.1, -0.05) is 37.5 Å². The molecule has 0 radical (unpaired) electrons. The molecule has 1 unspecified atom stereocenters. The van der Waals surface area contributed by atoms with Gasteiger partial charge < -0.3 is 15.4 Å². The Morgan fingerprint density at radius 2 is 1.91 bits per heavy atom. The third-order valence-corrected chi connectivity index (χ3v) is 3.55. The van der Waals surface area contributed by atoms with Crippen molar-refractivity contribution >= 4 is 11.8 Å². The fourth-order valence-electron chi connectivity index (χ4n) is 2.29. The van der Waals surface area contributed by atoms with Gasteiger partial charge in [-0.2, -0.15) is 0 Å². The van der Waals surface area contributed by atoms with Crippen LogP contribution in [0.25, 0.3) is 0 Å². The van der Waals surface area contributed by atoms with E-state index >= 15 is 0 Å². The van der Waals surface area contributed by atoms with Gasteiger partial charge in [0, 0.05) is 12.1 Å². The van der Waals surface area contributed by atoms with Crippen LogP contribution in [-0.2, 0) is 9.59 Å². The van der Waals surface area contributed by atoms with Crippen molar-refractivity contribution in [3.8, 4) is 5.75 Å². The van der Waals surface area contributed by atoms with Gasteiger partial charge in [0.25, 0.3) is 0 Å². The van der Waals surface area contributed by atoms with Gasteiger partial charge in [-0.15, -0.1) is 0 Å². The van der Waals surface area contributed by atoms with Crippen molar-refractivity contribution in [2.45, 2.75) is 53.0 Å². The first-order valence-corrected chi connectivity index (χ1v) is 8.31. The number of unbranched alkanes of at least 4 members (excludes halogenated alkanes) is 2. The van der Waals surface area contributed by atoms with Gasteiger partial charge in [-0.3, -0.25) is 9.59 Å². The minimum absolute atomic E-state index is 0.301. The van der Waals surface area contributed by atoms with Gasteiger partial charge >= 0.3 is 11.8 Å². The summed E-state index contributed by atoms with van der Waals surface area (Å²) in [6.07, 6.45) is 3.00. The van der Waals surface area contributed by atoms with Crippen molar-refractivity contribution in [1.29, 1.82) is 0 Å². The highest BCUT2D eigenvalue weighted by molar-refractivity contribution is 6.35. The Morgan fingerprint density at radius 1 is 1.17 bits per heavy atom. The zero-order valence-electron chi connectivity index (χ0n) is 14.6. The fraction of sp³-hybridized carbons (Fsp3) is 0.556. The van der Waals surface area contributed by atoms with Gasteiger partial charge in [0.05, 0.1) is 12.6 Å². The summed E-state index contributed by atoms with van der Waals surface area (Å²) in [5.41, 5.74) is 1.95. The number of benzene rings is 1. The second kappa shape index (κ2) is 9.87. The van der Waals surface area contributed by atoms with E-state index in [2.05, 4.69) is 17.6 Å². The normalized spacial score (nSPS) is 11.7. The monoisotopic (exact) mass is 320 g/mol. The van der Waals surface area contributed by atoms with Crippen LogP contribution in [0.2, 0.25) is 0 Å². The summed E-state index contributed by atoms with van der Waals surface area (Å²) in [5.74, 6) is -0.467. The van der Waals surface area contributed by atoms with Gasteiger partial charge in [0.2, 0.25) is 0 Å². The maximum atomic E-state index is 12.0. The molecule has 0 aliphatic carbocycles. The molecule has 1 rings (SSSR count). The van der Waals surface area contributed by atoms with Crippen molar-refractivity contribution in [3.05, 3.63) is 29.3 Å². The lowest BCUT2D eigenvalue weighted by atomic mass is 10.0. The molecule has 0 spiro atoms. The zero-order chi connectivity index (χ0) is 17.2. The highest BCUT2D eigenvalue weighted by atomic mass is 16.5. The zero-order valence-corrected chi connectivity index (χ0v) is 14.6. The summed E-state index contributed by atoms with van der Waals surface area (Å²) < 4.78 is 5.60. The predicted octanol–water partition coefficient (Wildman–Crippen LogP) is 2.88. The quantitative estimate of drug-likeness (QED) is 0.572. The Morgan fingerprint density at radius 3 is 2.57 bits per heavy atom. The largest absolute Gasteiger partial charge is 0.494 e. The second-order valence-electron chi connectivity index (χ2n) is 5.63. The van der Waals surface area contributed by atoms with Crippen LogP contribution in [0.4, 0.5) is 0 Å². The molecule has 0 saturated heterocycles. The predicted molar refractivity (Wildman–Crippen MR) is 91.4 cm³/mol. The number of aryl methyl sites for hydroxylation is 1. The number of hydrogen-bond acceptors (Lipinski definition) is 3. The summed E-state index contributed by atoms with van der Waals surface area (Å²) in [5, 5.41) is 5.37. The smallest absolute Gasteiger partial charge is 0.309 e. The lowest BCUT2D eigenvalue weighted by Crippen LogP contribution is -2.41. The molecule has 0 fully saturated rings. The molecular formula is C18H28N2O3. The molecule has 5 nitrogen and oxygen atoms in total. The van der Waals surface area contributed by atoms with E-state index in [1.165, 1.54) is 0 Å². The van der Waals surface area contributed by atoms with E-state index in [4.69, 9.17) is 4.74 Å². The molecule has 0 aliphatic rings. The van der Waals surface area contributed by atoms with Crippen LogP contribution in [-0.4, -0.2) is 25.0 Å². The third-order valence-electron chi connectivity index (χ3n) is 3.55. The van der Waals surface area contributed by atoms with Crippen molar-refractivity contribution in [2.24, 2.45) is 0 Å². The van der Waals surface area contributed by atoms with E-state index in [0.717, 1.165) is 36.1 Å². The Labute approximate surface area is 138 Å². The molecule has 1 aromatic rings. The maximum absolute atomic E-state index is 12.0. The molecule has 23 heavy (non-hydrogen) atoms. The molecule has 128 valence electrons. The van der Waals surface area contributed by atoms with Gasteiger partial charge in [-0.25, -0.2) is 0 Å². The minimum Gasteiger partial charge on any atom is -0.494 e. The molecule has 2 amide bonds. The lowest BCUT2D eigenvalue weighted by molar-refractivity contribution is -0.139. The summed E-state index contributed by atoms with van der Waals surface area (Å²) in [4.78, 5) is 23.8. The molecule has 0 aliphatic heterocycles.